The molecule has 0 fully saturated rings. The summed E-state index contributed by atoms with van der Waals surface area (Å²) in [6.07, 6.45) is 0.350. The number of nitrogens with zero attached hydrogens (tertiary/aromatic N) is 1. The van der Waals surface area contributed by atoms with Crippen LogP contribution in [-0.4, -0.2) is 35.7 Å². The molecule has 0 heterocycles. The number of carbonyl (C=O) groups is 2. The van der Waals surface area contributed by atoms with E-state index in [1.54, 1.807) is 24.3 Å². The van der Waals surface area contributed by atoms with Crippen molar-refractivity contribution in [3.8, 4) is 11.5 Å². The fourth-order valence-electron chi connectivity index (χ4n) is 3.81. The Morgan fingerprint density at radius 1 is 0.853 bits per heavy atom. The minimum absolute atomic E-state index is 0.242. The molecule has 0 spiro atoms. The number of ether oxygens (including phenoxy) is 1. The Balaban J connectivity index is 1.39. The molecule has 4 aromatic carbocycles. The number of carbonyl (C=O) groups excluding carboxylic acids is 2. The van der Waals surface area contributed by atoms with Gasteiger partial charge in [0.25, 0.3) is 11.8 Å². The standard InChI is InChI=1S/C28H26N2O4/c1-30(33)28(32)26(23-12-11-20-7-5-6-8-22(20)19-23)17-18-29-27(31)21-13-15-25(16-14-21)34-24-9-3-2-4-10-24/h2-16,19,26,33H,17-18H2,1H3,(H,29,31). The number of hydrogen-bond donors (Lipinski definition) is 2. The van der Waals surface area contributed by atoms with Crippen LogP contribution >= 0.6 is 0 Å². The van der Waals surface area contributed by atoms with Crippen molar-refractivity contribution >= 4 is 22.6 Å². The third-order valence-electron chi connectivity index (χ3n) is 5.61. The van der Waals surface area contributed by atoms with Crippen LogP contribution in [0.15, 0.2) is 97.1 Å². The zero-order chi connectivity index (χ0) is 23.9. The summed E-state index contributed by atoms with van der Waals surface area (Å²) in [7, 11) is 1.31. The van der Waals surface area contributed by atoms with Crippen molar-refractivity contribution in [3.63, 3.8) is 0 Å². The molecule has 0 aliphatic carbocycles. The third-order valence-corrected chi connectivity index (χ3v) is 5.61. The summed E-state index contributed by atoms with van der Waals surface area (Å²) in [4.78, 5) is 25.3. The molecule has 0 aliphatic rings. The summed E-state index contributed by atoms with van der Waals surface area (Å²) >= 11 is 0. The largest absolute Gasteiger partial charge is 0.457 e. The van der Waals surface area contributed by atoms with Crippen LogP contribution in [0.5, 0.6) is 11.5 Å². The second-order valence-corrected chi connectivity index (χ2v) is 8.01. The van der Waals surface area contributed by atoms with Gasteiger partial charge in [-0.2, -0.15) is 0 Å². The Bertz CT molecular complexity index is 1270. The van der Waals surface area contributed by atoms with E-state index in [4.69, 9.17) is 4.74 Å². The van der Waals surface area contributed by atoms with E-state index in [2.05, 4.69) is 5.32 Å². The van der Waals surface area contributed by atoms with Gasteiger partial charge in [-0.1, -0.05) is 60.7 Å². The van der Waals surface area contributed by atoms with Crippen LogP contribution < -0.4 is 10.1 Å². The molecule has 6 heteroatoms. The van der Waals surface area contributed by atoms with E-state index in [-0.39, 0.29) is 12.5 Å². The second kappa shape index (κ2) is 10.6. The van der Waals surface area contributed by atoms with Crippen LogP contribution in [0.3, 0.4) is 0 Å². The number of nitrogens with one attached hydrogen (secondary N) is 1. The maximum absolute atomic E-state index is 12.7. The predicted octanol–water partition coefficient (Wildman–Crippen LogP) is 5.38. The summed E-state index contributed by atoms with van der Waals surface area (Å²) in [5.41, 5.74) is 1.29. The molecule has 34 heavy (non-hydrogen) atoms. The lowest BCUT2D eigenvalue weighted by Gasteiger charge is -2.20. The molecular formula is C28H26N2O4. The number of amides is 2. The maximum Gasteiger partial charge on any atom is 0.253 e. The van der Waals surface area contributed by atoms with Crippen LogP contribution in [0.2, 0.25) is 0 Å². The first-order valence-electron chi connectivity index (χ1n) is 11.1. The van der Waals surface area contributed by atoms with Gasteiger partial charge in [0, 0.05) is 19.2 Å². The first-order chi connectivity index (χ1) is 16.5. The number of hydroxylamine groups is 2. The highest BCUT2D eigenvalue weighted by molar-refractivity contribution is 5.94. The monoisotopic (exact) mass is 454 g/mol. The van der Waals surface area contributed by atoms with E-state index < -0.39 is 11.8 Å². The van der Waals surface area contributed by atoms with Crippen LogP contribution in [0.25, 0.3) is 10.8 Å². The number of likely N-dealkylation sites (N-methyl/N-ethyl adjacent to an activating group) is 1. The summed E-state index contributed by atoms with van der Waals surface area (Å²) < 4.78 is 5.76. The van der Waals surface area contributed by atoms with E-state index in [1.165, 1.54) is 7.05 Å². The van der Waals surface area contributed by atoms with E-state index in [0.717, 1.165) is 22.1 Å². The van der Waals surface area contributed by atoms with E-state index >= 15 is 0 Å². The highest BCUT2D eigenvalue weighted by Gasteiger charge is 2.23. The van der Waals surface area contributed by atoms with Crippen LogP contribution in [0, 0.1) is 0 Å². The van der Waals surface area contributed by atoms with Gasteiger partial charge in [0.05, 0.1) is 5.92 Å². The highest BCUT2D eigenvalue weighted by atomic mass is 16.5. The normalized spacial score (nSPS) is 11.6. The van der Waals surface area contributed by atoms with Gasteiger partial charge in [0.2, 0.25) is 0 Å². The van der Waals surface area contributed by atoms with Crippen LogP contribution in [0.1, 0.15) is 28.3 Å². The van der Waals surface area contributed by atoms with Crippen molar-refractivity contribution in [2.24, 2.45) is 0 Å². The first kappa shape index (κ1) is 23.0. The summed E-state index contributed by atoms with van der Waals surface area (Å²) in [6, 6.07) is 30.0. The van der Waals surface area contributed by atoms with Gasteiger partial charge in [-0.05, 0) is 59.2 Å². The molecule has 0 saturated heterocycles. The Morgan fingerprint density at radius 3 is 2.21 bits per heavy atom. The minimum atomic E-state index is -0.582. The number of hydrogen-bond acceptors (Lipinski definition) is 4. The van der Waals surface area contributed by atoms with Gasteiger partial charge < -0.3 is 10.1 Å². The highest BCUT2D eigenvalue weighted by Crippen LogP contribution is 2.26. The van der Waals surface area contributed by atoms with Crippen molar-refractivity contribution in [1.82, 2.24) is 10.4 Å². The molecule has 1 atom stereocenters. The molecule has 0 radical (unpaired) electrons. The van der Waals surface area contributed by atoms with Crippen LogP contribution in [0.4, 0.5) is 0 Å². The average molecular weight is 455 g/mol. The zero-order valence-corrected chi connectivity index (χ0v) is 18.8. The van der Waals surface area contributed by atoms with Crippen LogP contribution in [-0.2, 0) is 4.79 Å². The Morgan fingerprint density at radius 2 is 1.50 bits per heavy atom. The molecule has 0 aromatic heterocycles. The summed E-state index contributed by atoms with van der Waals surface area (Å²) in [5, 5.41) is 15.3. The number of para-hydroxylation sites is 1. The fourth-order valence-corrected chi connectivity index (χ4v) is 3.81. The minimum Gasteiger partial charge on any atom is -0.457 e. The molecule has 0 aliphatic heterocycles. The van der Waals surface area contributed by atoms with Gasteiger partial charge in [0.15, 0.2) is 0 Å². The second-order valence-electron chi connectivity index (χ2n) is 8.01. The fraction of sp³-hybridized carbons (Fsp3) is 0.143. The Labute approximate surface area is 198 Å². The average Bonchev–Trinajstić information content (AvgIpc) is 2.87. The lowest BCUT2D eigenvalue weighted by molar-refractivity contribution is -0.161. The van der Waals surface area contributed by atoms with Gasteiger partial charge in [-0.3, -0.25) is 14.8 Å². The van der Waals surface area contributed by atoms with Gasteiger partial charge in [0.1, 0.15) is 11.5 Å². The third kappa shape index (κ3) is 5.60. The molecule has 1 unspecified atom stereocenters. The molecular weight excluding hydrogens is 428 g/mol. The van der Waals surface area contributed by atoms with E-state index in [0.29, 0.717) is 22.8 Å². The molecule has 0 saturated carbocycles. The molecule has 2 amide bonds. The smallest absolute Gasteiger partial charge is 0.253 e. The van der Waals surface area contributed by atoms with E-state index in [1.807, 2.05) is 72.8 Å². The predicted molar refractivity (Wildman–Crippen MR) is 131 cm³/mol. The number of benzene rings is 4. The van der Waals surface area contributed by atoms with Gasteiger partial charge in [-0.15, -0.1) is 0 Å². The van der Waals surface area contributed by atoms with Crippen molar-refractivity contribution in [1.29, 1.82) is 0 Å². The topological polar surface area (TPSA) is 78.9 Å². The van der Waals surface area contributed by atoms with Crippen molar-refractivity contribution in [2.45, 2.75) is 12.3 Å². The zero-order valence-electron chi connectivity index (χ0n) is 18.8. The van der Waals surface area contributed by atoms with E-state index in [9.17, 15) is 14.8 Å². The van der Waals surface area contributed by atoms with Crippen molar-refractivity contribution in [3.05, 3.63) is 108 Å². The first-order valence-corrected chi connectivity index (χ1v) is 11.1. The Kier molecular flexibility index (Phi) is 7.20. The molecule has 6 nitrogen and oxygen atoms in total. The quantitative estimate of drug-likeness (QED) is 0.277. The molecule has 4 rings (SSSR count). The van der Waals surface area contributed by atoms with Crippen molar-refractivity contribution < 1.29 is 19.5 Å². The lowest BCUT2D eigenvalue weighted by atomic mass is 9.92. The molecule has 4 aromatic rings. The van der Waals surface area contributed by atoms with Gasteiger partial charge in [-0.25, -0.2) is 5.06 Å². The Hall–Kier alpha value is -4.16. The SMILES string of the molecule is CN(O)C(=O)C(CCNC(=O)c1ccc(Oc2ccccc2)cc1)c1ccc2ccccc2c1. The maximum atomic E-state index is 12.7. The molecule has 172 valence electrons. The lowest BCUT2D eigenvalue weighted by Crippen LogP contribution is -2.32. The molecule has 2 N–H and O–H groups in total. The van der Waals surface area contributed by atoms with Gasteiger partial charge >= 0.3 is 0 Å². The number of rotatable bonds is 8. The summed E-state index contributed by atoms with van der Waals surface area (Å²) in [6.45, 7) is 0.276. The molecule has 0 bridgehead atoms. The number of fused-ring (bicyclic) bond motifs is 1. The summed E-state index contributed by atoms with van der Waals surface area (Å²) in [5.74, 6) is 0.107. The van der Waals surface area contributed by atoms with Crippen molar-refractivity contribution in [2.75, 3.05) is 13.6 Å².